The van der Waals surface area contributed by atoms with Crippen molar-refractivity contribution < 1.29 is 42.9 Å². The lowest BCUT2D eigenvalue weighted by molar-refractivity contribution is -0.174. The van der Waals surface area contributed by atoms with Gasteiger partial charge in [-0.25, -0.2) is 4.79 Å². The summed E-state index contributed by atoms with van der Waals surface area (Å²) in [5.41, 5.74) is 1.14. The number of hydrogen-bond donors (Lipinski definition) is 3. The molecule has 3 N–H and O–H groups in total. The molecule has 2 atom stereocenters. The fraction of sp³-hybridized carbons (Fsp3) is 0.421. The van der Waals surface area contributed by atoms with E-state index >= 15 is 0 Å². The summed E-state index contributed by atoms with van der Waals surface area (Å²) in [7, 11) is 0. The first kappa shape index (κ1) is 41.3. The van der Waals surface area contributed by atoms with Crippen molar-refractivity contribution in [1.29, 1.82) is 10.8 Å². The molecule has 0 saturated carbocycles. The Hall–Kier alpha value is -5.17. The summed E-state index contributed by atoms with van der Waals surface area (Å²) >= 11 is 0. The molecule has 2 unspecified atom stereocenters. The first-order valence-corrected chi connectivity index (χ1v) is 16.8. The first-order chi connectivity index (χ1) is 24.1. The third-order valence-corrected chi connectivity index (χ3v) is 8.25. The van der Waals surface area contributed by atoms with Crippen molar-refractivity contribution in [2.45, 2.75) is 79.1 Å². The van der Waals surface area contributed by atoms with E-state index in [1.807, 2.05) is 53.4 Å². The van der Waals surface area contributed by atoms with E-state index < -0.39 is 48.4 Å². The number of nitrogens with one attached hydrogen (secondary N) is 3. The fourth-order valence-electron chi connectivity index (χ4n) is 5.50. The number of alkyl carbamates (subject to hydrolysis) is 1. The SMILES string of the molecule is CC(=N)N1CCC(Oc2ccc(C(Cc3ccc4ccc(C(=N)NC(=O)OC(C)OC(C)=O)cc4c3)C(=O)OCOC(=O)C(C)(C)C)cc2)CC1.Cl. The zero-order chi connectivity index (χ0) is 37.3. The highest BCUT2D eigenvalue weighted by Crippen LogP contribution is 2.28. The van der Waals surface area contributed by atoms with Crippen LogP contribution < -0.4 is 10.1 Å². The Labute approximate surface area is 309 Å². The summed E-state index contributed by atoms with van der Waals surface area (Å²) in [6.07, 6.45) is -0.179. The van der Waals surface area contributed by atoms with E-state index in [0.717, 1.165) is 42.3 Å². The second-order valence-electron chi connectivity index (χ2n) is 13.5. The molecule has 1 aliphatic rings. The summed E-state index contributed by atoms with van der Waals surface area (Å²) in [6, 6.07) is 18.2. The van der Waals surface area contributed by atoms with Crippen LogP contribution in [0.3, 0.4) is 0 Å². The smallest absolute Gasteiger partial charge is 0.415 e. The van der Waals surface area contributed by atoms with Gasteiger partial charge in [0.25, 0.3) is 0 Å². The van der Waals surface area contributed by atoms with E-state index in [1.54, 1.807) is 39.8 Å². The third-order valence-electron chi connectivity index (χ3n) is 8.25. The normalized spacial score (nSPS) is 14.2. The fourth-order valence-corrected chi connectivity index (χ4v) is 5.50. The number of carbonyl (C=O) groups is 4. The molecule has 0 radical (unpaired) electrons. The van der Waals surface area contributed by atoms with Crippen LogP contribution in [0.5, 0.6) is 5.75 Å². The van der Waals surface area contributed by atoms with Gasteiger partial charge in [0.1, 0.15) is 17.7 Å². The summed E-state index contributed by atoms with van der Waals surface area (Å²) in [5.74, 6) is -1.41. The van der Waals surface area contributed by atoms with Crippen molar-refractivity contribution in [2.24, 2.45) is 5.41 Å². The monoisotopic (exact) mass is 738 g/mol. The molecule has 0 aliphatic carbocycles. The van der Waals surface area contributed by atoms with E-state index in [1.165, 1.54) is 13.8 Å². The second kappa shape index (κ2) is 18.4. The quantitative estimate of drug-likeness (QED) is 0.0854. The van der Waals surface area contributed by atoms with Gasteiger partial charge in [0.2, 0.25) is 13.1 Å². The average Bonchev–Trinajstić information content (AvgIpc) is 3.06. The van der Waals surface area contributed by atoms with Crippen LogP contribution >= 0.6 is 12.4 Å². The molecule has 4 rings (SSSR count). The molecule has 14 heteroatoms. The maximum absolute atomic E-state index is 13.5. The lowest BCUT2D eigenvalue weighted by Gasteiger charge is -2.32. The maximum Gasteiger partial charge on any atom is 0.415 e. The van der Waals surface area contributed by atoms with Crippen LogP contribution in [-0.2, 0) is 39.8 Å². The van der Waals surface area contributed by atoms with Gasteiger partial charge in [0.15, 0.2) is 0 Å². The van der Waals surface area contributed by atoms with Gasteiger partial charge in [-0.1, -0.05) is 42.5 Å². The largest absolute Gasteiger partial charge is 0.490 e. The molecular formula is C38H47ClN4O9. The molecule has 1 aliphatic heterocycles. The minimum absolute atomic E-state index is 0. The van der Waals surface area contributed by atoms with Gasteiger partial charge >= 0.3 is 24.0 Å². The summed E-state index contributed by atoms with van der Waals surface area (Å²) in [4.78, 5) is 51.1. The van der Waals surface area contributed by atoms with Crippen LogP contribution in [0, 0.1) is 16.2 Å². The molecule has 52 heavy (non-hydrogen) atoms. The lowest BCUT2D eigenvalue weighted by Crippen LogP contribution is -2.40. The second-order valence-corrected chi connectivity index (χ2v) is 13.5. The Morgan fingerprint density at radius 1 is 0.885 bits per heavy atom. The van der Waals surface area contributed by atoms with Crippen LogP contribution in [0.2, 0.25) is 0 Å². The number of nitrogens with zero attached hydrogens (tertiary/aromatic N) is 1. The van der Waals surface area contributed by atoms with Crippen LogP contribution in [0.15, 0.2) is 60.7 Å². The number of amides is 1. The Bertz CT molecular complexity index is 1770. The summed E-state index contributed by atoms with van der Waals surface area (Å²) in [6.45, 7) is 10.5. The van der Waals surface area contributed by atoms with Crippen molar-refractivity contribution in [1.82, 2.24) is 10.2 Å². The van der Waals surface area contributed by atoms with Gasteiger partial charge in [-0.05, 0) is 74.2 Å². The molecule has 0 bridgehead atoms. The van der Waals surface area contributed by atoms with E-state index in [4.69, 9.17) is 34.5 Å². The molecule has 1 heterocycles. The maximum atomic E-state index is 13.5. The molecule has 280 valence electrons. The molecule has 3 aromatic carbocycles. The highest BCUT2D eigenvalue weighted by molar-refractivity contribution is 6.06. The minimum Gasteiger partial charge on any atom is -0.490 e. The number of likely N-dealkylation sites (tertiary alicyclic amines) is 1. The lowest BCUT2D eigenvalue weighted by atomic mass is 9.91. The van der Waals surface area contributed by atoms with Gasteiger partial charge in [0, 0.05) is 45.3 Å². The molecule has 1 fully saturated rings. The van der Waals surface area contributed by atoms with Gasteiger partial charge in [0.05, 0.1) is 17.2 Å². The van der Waals surface area contributed by atoms with Crippen molar-refractivity contribution >= 4 is 58.9 Å². The van der Waals surface area contributed by atoms with Gasteiger partial charge < -0.3 is 28.6 Å². The van der Waals surface area contributed by atoms with Crippen molar-refractivity contribution in [2.75, 3.05) is 19.9 Å². The number of benzene rings is 3. The van der Waals surface area contributed by atoms with E-state index in [2.05, 4.69) is 5.32 Å². The number of ether oxygens (including phenoxy) is 5. The van der Waals surface area contributed by atoms with E-state index in [-0.39, 0.29) is 30.8 Å². The standard InChI is InChI=1S/C38H46N4O9.ClH/c1-23(39)42-17-15-32(16-18-42)51-31-13-11-28(12-14-31)33(35(44)47-22-48-36(45)38(4,5)6)20-26-7-8-27-9-10-29(21-30(27)19-26)34(40)41-37(46)50-25(3)49-24(2)43;/h7-14,19,21,25,32-33,39H,15-18,20,22H2,1-6H3,(H2,40,41,46);1H. The Morgan fingerprint density at radius 3 is 2.15 bits per heavy atom. The molecule has 1 amide bonds. The molecular weight excluding hydrogens is 692 g/mol. The summed E-state index contributed by atoms with van der Waals surface area (Å²) < 4.78 is 26.6. The van der Waals surface area contributed by atoms with Crippen molar-refractivity contribution in [3.8, 4) is 5.75 Å². The Kier molecular flexibility index (Phi) is 14.6. The van der Waals surface area contributed by atoms with Gasteiger partial charge in [-0.15, -0.1) is 12.4 Å². The topological polar surface area (TPSA) is 177 Å². The zero-order valence-electron chi connectivity index (χ0n) is 30.3. The van der Waals surface area contributed by atoms with Gasteiger partial charge in [-0.2, -0.15) is 0 Å². The van der Waals surface area contributed by atoms with Crippen LogP contribution in [0.4, 0.5) is 4.79 Å². The number of amidine groups is 2. The highest BCUT2D eigenvalue weighted by atomic mass is 35.5. The number of rotatable bonds is 11. The molecule has 3 aromatic rings. The Morgan fingerprint density at radius 2 is 1.54 bits per heavy atom. The number of piperidine rings is 1. The van der Waals surface area contributed by atoms with E-state index in [0.29, 0.717) is 22.7 Å². The average molecular weight is 739 g/mol. The number of carbonyl (C=O) groups excluding carboxylic acids is 4. The predicted octanol–water partition coefficient (Wildman–Crippen LogP) is 6.48. The number of hydrogen-bond acceptors (Lipinski definition) is 11. The number of fused-ring (bicyclic) bond motifs is 1. The summed E-state index contributed by atoms with van der Waals surface area (Å²) in [5, 5.41) is 20.2. The van der Waals surface area contributed by atoms with E-state index in [9.17, 15) is 19.2 Å². The molecule has 13 nitrogen and oxygen atoms in total. The predicted molar refractivity (Wildman–Crippen MR) is 197 cm³/mol. The molecule has 0 aromatic heterocycles. The van der Waals surface area contributed by atoms with Crippen molar-refractivity contribution in [3.63, 3.8) is 0 Å². The number of halogens is 1. The zero-order valence-corrected chi connectivity index (χ0v) is 31.1. The minimum atomic E-state index is -1.12. The highest BCUT2D eigenvalue weighted by Gasteiger charge is 2.27. The molecule has 1 saturated heterocycles. The van der Waals surface area contributed by atoms with Crippen LogP contribution in [0.25, 0.3) is 10.8 Å². The van der Waals surface area contributed by atoms with Gasteiger partial charge in [-0.3, -0.25) is 30.5 Å². The molecule has 0 spiro atoms. The van der Waals surface area contributed by atoms with Crippen LogP contribution in [-0.4, -0.2) is 72.8 Å². The number of esters is 3. The van der Waals surface area contributed by atoms with Crippen LogP contribution in [0.1, 0.15) is 77.0 Å². The van der Waals surface area contributed by atoms with Crippen molar-refractivity contribution in [3.05, 3.63) is 77.4 Å². The third kappa shape index (κ3) is 12.0. The Balaban J connectivity index is 0.00000729. The first-order valence-electron chi connectivity index (χ1n) is 16.8.